The molecule has 14 heavy (non-hydrogen) atoms. The molecule has 0 saturated heterocycles. The Kier molecular flexibility index (Phi) is 3.68. The third kappa shape index (κ3) is 3.72. The smallest absolute Gasteiger partial charge is 0.156 e. The van der Waals surface area contributed by atoms with Crippen molar-refractivity contribution in [2.24, 2.45) is 0 Å². The van der Waals surface area contributed by atoms with Crippen molar-refractivity contribution < 1.29 is 9.90 Å². The minimum Gasteiger partial charge on any atom is -0.508 e. The lowest BCUT2D eigenvalue weighted by atomic mass is 10.2. The Morgan fingerprint density at radius 2 is 1.93 bits per heavy atom. The molecule has 2 nitrogen and oxygen atoms in total. The van der Waals surface area contributed by atoms with Crippen LogP contribution in [0.15, 0.2) is 48.2 Å². The van der Waals surface area contributed by atoms with Crippen molar-refractivity contribution in [3.05, 3.63) is 53.8 Å². The van der Waals surface area contributed by atoms with E-state index in [1.165, 1.54) is 19.1 Å². The van der Waals surface area contributed by atoms with Gasteiger partial charge in [0.05, 0.1) is 0 Å². The molecule has 0 radical (unpaired) electrons. The van der Waals surface area contributed by atoms with E-state index < -0.39 is 0 Å². The highest BCUT2D eigenvalue weighted by molar-refractivity contribution is 5.88. The summed E-state index contributed by atoms with van der Waals surface area (Å²) in [4.78, 5) is 10.6. The van der Waals surface area contributed by atoms with Crippen LogP contribution in [0.1, 0.15) is 12.5 Å². The van der Waals surface area contributed by atoms with E-state index in [0.29, 0.717) is 0 Å². The van der Waals surface area contributed by atoms with Gasteiger partial charge in [0.1, 0.15) is 5.76 Å². The van der Waals surface area contributed by atoms with E-state index >= 15 is 0 Å². The lowest BCUT2D eigenvalue weighted by Gasteiger charge is -1.91. The zero-order chi connectivity index (χ0) is 10.4. The first kappa shape index (κ1) is 10.3. The number of ketones is 1. The fraction of sp³-hybridized carbons (Fsp3) is 0.0833. The standard InChI is InChI=1S/C12H12O2/c1-10(13)9-12(14)8-7-11-5-3-2-4-6-11/h2-9,14H,1H3/b8-7+,12-9?. The summed E-state index contributed by atoms with van der Waals surface area (Å²) in [6.07, 6.45) is 4.42. The van der Waals surface area contributed by atoms with Crippen molar-refractivity contribution >= 4 is 11.9 Å². The number of hydrogen-bond donors (Lipinski definition) is 1. The lowest BCUT2D eigenvalue weighted by molar-refractivity contribution is -0.112. The van der Waals surface area contributed by atoms with Gasteiger partial charge in [0, 0.05) is 6.08 Å². The number of benzene rings is 1. The molecule has 0 fully saturated rings. The number of carbonyl (C=O) groups excluding carboxylic acids is 1. The highest BCUT2D eigenvalue weighted by atomic mass is 16.3. The largest absolute Gasteiger partial charge is 0.508 e. The summed E-state index contributed by atoms with van der Waals surface area (Å²) in [5.41, 5.74) is 0.982. The molecule has 0 bridgehead atoms. The average Bonchev–Trinajstić information content (AvgIpc) is 2.15. The van der Waals surface area contributed by atoms with E-state index in [1.807, 2.05) is 30.3 Å². The summed E-state index contributed by atoms with van der Waals surface area (Å²) in [5.74, 6) is -0.193. The van der Waals surface area contributed by atoms with Gasteiger partial charge in [-0.15, -0.1) is 0 Å². The maximum absolute atomic E-state index is 10.6. The van der Waals surface area contributed by atoms with Crippen LogP contribution in [0.4, 0.5) is 0 Å². The van der Waals surface area contributed by atoms with Crippen LogP contribution in [0.5, 0.6) is 0 Å². The molecule has 0 aliphatic carbocycles. The van der Waals surface area contributed by atoms with E-state index in [9.17, 15) is 9.90 Å². The van der Waals surface area contributed by atoms with Crippen LogP contribution in [0.3, 0.4) is 0 Å². The molecule has 0 unspecified atom stereocenters. The second-order valence-electron chi connectivity index (χ2n) is 2.92. The van der Waals surface area contributed by atoms with E-state index in [0.717, 1.165) is 5.56 Å². The summed E-state index contributed by atoms with van der Waals surface area (Å²) in [6, 6.07) is 9.56. The SMILES string of the molecule is CC(=O)C=C(O)/C=C/c1ccccc1. The second-order valence-corrected chi connectivity index (χ2v) is 2.92. The molecule has 1 rings (SSSR count). The highest BCUT2D eigenvalue weighted by Crippen LogP contribution is 2.03. The number of carbonyl (C=O) groups is 1. The predicted octanol–water partition coefficient (Wildman–Crippen LogP) is 2.73. The number of aliphatic hydroxyl groups excluding tert-OH is 1. The Morgan fingerprint density at radius 3 is 2.50 bits per heavy atom. The van der Waals surface area contributed by atoms with Gasteiger partial charge in [0.25, 0.3) is 0 Å². The molecule has 0 aromatic heterocycles. The zero-order valence-corrected chi connectivity index (χ0v) is 7.97. The summed E-state index contributed by atoms with van der Waals surface area (Å²) >= 11 is 0. The molecule has 0 spiro atoms. The van der Waals surface area contributed by atoms with Crippen LogP contribution in [0.2, 0.25) is 0 Å². The molecule has 0 aliphatic heterocycles. The zero-order valence-electron chi connectivity index (χ0n) is 7.97. The Balaban J connectivity index is 2.70. The minimum absolute atomic E-state index is 0.0265. The van der Waals surface area contributed by atoms with Crippen LogP contribution in [0.25, 0.3) is 6.08 Å². The normalized spacial score (nSPS) is 11.9. The lowest BCUT2D eigenvalue weighted by Crippen LogP contribution is -1.84. The molecule has 72 valence electrons. The van der Waals surface area contributed by atoms with Gasteiger partial charge in [0.2, 0.25) is 0 Å². The van der Waals surface area contributed by atoms with E-state index in [2.05, 4.69) is 0 Å². The molecular formula is C12H12O2. The van der Waals surface area contributed by atoms with Gasteiger partial charge in [0.15, 0.2) is 5.78 Å². The topological polar surface area (TPSA) is 37.3 Å². The first-order valence-corrected chi connectivity index (χ1v) is 4.33. The van der Waals surface area contributed by atoms with Gasteiger partial charge in [-0.3, -0.25) is 4.79 Å². The van der Waals surface area contributed by atoms with Gasteiger partial charge < -0.3 is 5.11 Å². The quantitative estimate of drug-likeness (QED) is 0.450. The Morgan fingerprint density at radius 1 is 1.29 bits per heavy atom. The van der Waals surface area contributed by atoms with E-state index in [-0.39, 0.29) is 11.5 Å². The van der Waals surface area contributed by atoms with Gasteiger partial charge in [-0.2, -0.15) is 0 Å². The fourth-order valence-electron chi connectivity index (χ4n) is 1.00. The molecule has 1 aromatic carbocycles. The first-order valence-electron chi connectivity index (χ1n) is 4.33. The molecule has 0 atom stereocenters. The molecule has 0 amide bonds. The Bertz CT molecular complexity index is 361. The van der Waals surface area contributed by atoms with Crippen molar-refractivity contribution in [1.29, 1.82) is 0 Å². The number of hydrogen-bond acceptors (Lipinski definition) is 2. The van der Waals surface area contributed by atoms with Gasteiger partial charge in [-0.1, -0.05) is 36.4 Å². The van der Waals surface area contributed by atoms with Crippen LogP contribution in [-0.2, 0) is 4.79 Å². The fourth-order valence-corrected chi connectivity index (χ4v) is 1.00. The van der Waals surface area contributed by atoms with Crippen LogP contribution < -0.4 is 0 Å². The Hall–Kier alpha value is -1.83. The van der Waals surface area contributed by atoms with E-state index in [4.69, 9.17) is 0 Å². The molecule has 0 heterocycles. The average molecular weight is 188 g/mol. The van der Waals surface area contributed by atoms with Gasteiger partial charge in [-0.05, 0) is 18.6 Å². The molecular weight excluding hydrogens is 176 g/mol. The highest BCUT2D eigenvalue weighted by Gasteiger charge is 1.89. The van der Waals surface area contributed by atoms with Gasteiger partial charge in [-0.25, -0.2) is 0 Å². The first-order chi connectivity index (χ1) is 6.68. The second kappa shape index (κ2) is 5.02. The van der Waals surface area contributed by atoms with Crippen molar-refractivity contribution in [2.75, 3.05) is 0 Å². The van der Waals surface area contributed by atoms with Crippen molar-refractivity contribution in [3.63, 3.8) is 0 Å². The number of allylic oxidation sites excluding steroid dienone is 2. The number of rotatable bonds is 3. The summed E-state index contributed by atoms with van der Waals surface area (Å²) < 4.78 is 0. The summed E-state index contributed by atoms with van der Waals surface area (Å²) in [5, 5.41) is 9.23. The monoisotopic (exact) mass is 188 g/mol. The third-order valence-corrected chi connectivity index (χ3v) is 1.60. The van der Waals surface area contributed by atoms with Crippen molar-refractivity contribution in [2.45, 2.75) is 6.92 Å². The van der Waals surface area contributed by atoms with Crippen LogP contribution in [0, 0.1) is 0 Å². The summed E-state index contributed by atoms with van der Waals surface area (Å²) in [7, 11) is 0. The molecule has 2 heteroatoms. The van der Waals surface area contributed by atoms with Crippen molar-refractivity contribution in [1.82, 2.24) is 0 Å². The maximum Gasteiger partial charge on any atom is 0.156 e. The van der Waals surface area contributed by atoms with Gasteiger partial charge >= 0.3 is 0 Å². The molecule has 0 saturated carbocycles. The summed E-state index contributed by atoms with van der Waals surface area (Å²) in [6.45, 7) is 1.40. The third-order valence-electron chi connectivity index (χ3n) is 1.60. The van der Waals surface area contributed by atoms with E-state index in [1.54, 1.807) is 6.08 Å². The molecule has 1 aromatic rings. The van der Waals surface area contributed by atoms with Crippen molar-refractivity contribution in [3.8, 4) is 0 Å². The number of aliphatic hydroxyl groups is 1. The van der Waals surface area contributed by atoms with Crippen LogP contribution >= 0.6 is 0 Å². The molecule has 1 N–H and O–H groups in total. The maximum atomic E-state index is 10.6. The van der Waals surface area contributed by atoms with Crippen LogP contribution in [-0.4, -0.2) is 10.9 Å². The minimum atomic E-state index is -0.166. The predicted molar refractivity (Wildman–Crippen MR) is 56.9 cm³/mol. The molecule has 0 aliphatic rings. The Labute approximate surface area is 83.2 Å².